The van der Waals surface area contributed by atoms with Crippen LogP contribution in [0.4, 0.5) is 5.82 Å². The van der Waals surface area contributed by atoms with Gasteiger partial charge in [0.1, 0.15) is 18.0 Å². The van der Waals surface area contributed by atoms with Crippen molar-refractivity contribution in [2.75, 3.05) is 19.0 Å². The van der Waals surface area contributed by atoms with Gasteiger partial charge in [-0.05, 0) is 26.3 Å². The Balaban J connectivity index is 2.27. The number of anilines is 1. The van der Waals surface area contributed by atoms with Crippen LogP contribution >= 0.6 is 0 Å². The van der Waals surface area contributed by atoms with Crippen LogP contribution in [0, 0.1) is 0 Å². The fourth-order valence-electron chi connectivity index (χ4n) is 2.86. The van der Waals surface area contributed by atoms with E-state index >= 15 is 0 Å². The number of carbonyl (C=O) groups is 1. The number of nitrogens with zero attached hydrogens (tertiary/aromatic N) is 2. The van der Waals surface area contributed by atoms with Gasteiger partial charge in [-0.15, -0.1) is 0 Å². The second-order valence-corrected chi connectivity index (χ2v) is 7.27. The third-order valence-corrected chi connectivity index (χ3v) is 4.47. The van der Waals surface area contributed by atoms with Crippen LogP contribution in [-0.2, 0) is 19.0 Å². The molecule has 1 aromatic heterocycles. The van der Waals surface area contributed by atoms with Gasteiger partial charge in [0.2, 0.25) is 5.91 Å². The largest absolute Gasteiger partial charge is 0.388 e. The van der Waals surface area contributed by atoms with Crippen molar-refractivity contribution in [1.29, 1.82) is 0 Å². The highest BCUT2D eigenvalue weighted by Gasteiger charge is 2.46. The number of rotatable bonds is 8. The Bertz CT molecular complexity index is 705. The summed E-state index contributed by atoms with van der Waals surface area (Å²) in [5.74, 6) is -0.163. The number of hydrogen-bond donors (Lipinski definition) is 2. The van der Waals surface area contributed by atoms with Crippen molar-refractivity contribution in [1.82, 2.24) is 9.55 Å². The molecule has 1 amide bonds. The van der Waals surface area contributed by atoms with Crippen LogP contribution in [0.5, 0.6) is 0 Å². The van der Waals surface area contributed by atoms with Crippen LogP contribution in [0.1, 0.15) is 46.8 Å². The third-order valence-electron chi connectivity index (χ3n) is 4.47. The van der Waals surface area contributed by atoms with Gasteiger partial charge in [0.25, 0.3) is 0 Å². The predicted molar refractivity (Wildman–Crippen MR) is 98.5 cm³/mol. The molecule has 2 N–H and O–H groups in total. The normalized spacial score (nSPS) is 25.6. The van der Waals surface area contributed by atoms with Gasteiger partial charge in [-0.1, -0.05) is 13.3 Å². The first-order valence-corrected chi connectivity index (χ1v) is 9.05. The highest BCUT2D eigenvalue weighted by Crippen LogP contribution is 2.33. The van der Waals surface area contributed by atoms with E-state index in [1.54, 1.807) is 7.11 Å². The van der Waals surface area contributed by atoms with Crippen molar-refractivity contribution in [2.24, 2.45) is 0 Å². The number of carbonyl (C=O) groups excluding carboxylic acids is 1. The topological polar surface area (TPSA) is 112 Å². The average molecular weight is 383 g/mol. The van der Waals surface area contributed by atoms with E-state index in [0.29, 0.717) is 6.42 Å². The van der Waals surface area contributed by atoms with Crippen molar-refractivity contribution in [3.05, 3.63) is 22.7 Å². The quantitative estimate of drug-likeness (QED) is 0.690. The summed E-state index contributed by atoms with van der Waals surface area (Å²) in [5, 5.41) is 13.1. The van der Waals surface area contributed by atoms with Crippen LogP contribution < -0.4 is 11.0 Å². The molecule has 2 rings (SSSR count). The maximum atomic E-state index is 12.4. The molecule has 0 radical (unpaired) electrons. The molecule has 0 saturated carbocycles. The van der Waals surface area contributed by atoms with Crippen LogP contribution in [0.15, 0.2) is 17.1 Å². The summed E-state index contributed by atoms with van der Waals surface area (Å²) in [5.41, 5.74) is -1.15. The molecule has 1 fully saturated rings. The Kier molecular flexibility index (Phi) is 7.10. The second-order valence-electron chi connectivity index (χ2n) is 7.27. The van der Waals surface area contributed by atoms with Crippen molar-refractivity contribution >= 4 is 11.7 Å². The molecule has 4 unspecified atom stereocenters. The summed E-state index contributed by atoms with van der Waals surface area (Å²) < 4.78 is 18.5. The van der Waals surface area contributed by atoms with Crippen molar-refractivity contribution in [3.63, 3.8) is 0 Å². The zero-order valence-corrected chi connectivity index (χ0v) is 16.5. The lowest BCUT2D eigenvalue weighted by Crippen LogP contribution is -2.41. The van der Waals surface area contributed by atoms with Gasteiger partial charge in [0.15, 0.2) is 6.23 Å². The average Bonchev–Trinajstić information content (AvgIpc) is 2.89. The van der Waals surface area contributed by atoms with Crippen molar-refractivity contribution in [2.45, 2.75) is 70.7 Å². The van der Waals surface area contributed by atoms with E-state index in [0.717, 1.165) is 6.42 Å². The SMILES string of the molecule is CCCC1OC(n2ccc(NC(C)=O)nc2=O)C(OCC(C)(C)OC)C1O. The molecule has 1 aromatic rings. The maximum absolute atomic E-state index is 12.4. The highest BCUT2D eigenvalue weighted by atomic mass is 16.6. The van der Waals surface area contributed by atoms with Gasteiger partial charge < -0.3 is 24.6 Å². The molecule has 0 bridgehead atoms. The van der Waals surface area contributed by atoms with Gasteiger partial charge in [0.05, 0.1) is 18.3 Å². The predicted octanol–water partition coefficient (Wildman–Crippen LogP) is 1.07. The molecule has 4 atom stereocenters. The second kappa shape index (κ2) is 8.92. The van der Waals surface area contributed by atoms with Gasteiger partial charge in [-0.2, -0.15) is 4.98 Å². The molecule has 1 saturated heterocycles. The smallest absolute Gasteiger partial charge is 0.351 e. The summed E-state index contributed by atoms with van der Waals surface area (Å²) >= 11 is 0. The van der Waals surface area contributed by atoms with Gasteiger partial charge in [0, 0.05) is 20.2 Å². The monoisotopic (exact) mass is 383 g/mol. The maximum Gasteiger partial charge on any atom is 0.351 e. The zero-order valence-electron chi connectivity index (χ0n) is 16.5. The molecular formula is C18H29N3O6. The van der Waals surface area contributed by atoms with E-state index in [4.69, 9.17) is 14.2 Å². The minimum Gasteiger partial charge on any atom is -0.388 e. The Hall–Kier alpha value is -1.81. The van der Waals surface area contributed by atoms with Crippen LogP contribution in [0.25, 0.3) is 0 Å². The number of aromatic nitrogens is 2. The zero-order chi connectivity index (χ0) is 20.2. The van der Waals surface area contributed by atoms with Crippen LogP contribution in [0.3, 0.4) is 0 Å². The highest BCUT2D eigenvalue weighted by molar-refractivity contribution is 5.87. The van der Waals surface area contributed by atoms with E-state index in [1.165, 1.54) is 23.8 Å². The Labute approximate surface area is 158 Å². The van der Waals surface area contributed by atoms with E-state index in [1.807, 2.05) is 20.8 Å². The molecule has 0 aromatic carbocycles. The Morgan fingerprint density at radius 1 is 1.48 bits per heavy atom. The van der Waals surface area contributed by atoms with Gasteiger partial charge in [-0.25, -0.2) is 4.79 Å². The summed E-state index contributed by atoms with van der Waals surface area (Å²) in [4.78, 5) is 27.4. The number of methoxy groups -OCH3 is 1. The van der Waals surface area contributed by atoms with E-state index in [2.05, 4.69) is 10.3 Å². The van der Waals surface area contributed by atoms with Crippen LogP contribution in [0.2, 0.25) is 0 Å². The fourth-order valence-corrected chi connectivity index (χ4v) is 2.86. The van der Waals surface area contributed by atoms with Gasteiger partial charge >= 0.3 is 5.69 Å². The Morgan fingerprint density at radius 3 is 2.74 bits per heavy atom. The minimum atomic E-state index is -0.885. The van der Waals surface area contributed by atoms with E-state index < -0.39 is 35.8 Å². The summed E-state index contributed by atoms with van der Waals surface area (Å²) in [6.07, 6.45) is 0.0284. The summed E-state index contributed by atoms with van der Waals surface area (Å²) in [6.45, 7) is 7.27. The van der Waals surface area contributed by atoms with Crippen molar-refractivity contribution in [3.8, 4) is 0 Å². The molecule has 9 nitrogen and oxygen atoms in total. The first kappa shape index (κ1) is 21.5. The lowest BCUT2D eigenvalue weighted by molar-refractivity contribution is -0.120. The number of ether oxygens (including phenoxy) is 3. The molecule has 1 aliphatic heterocycles. The molecule has 9 heteroatoms. The third kappa shape index (κ3) is 5.35. The number of amides is 1. The number of nitrogens with one attached hydrogen (secondary N) is 1. The standard InChI is InChI=1S/C18H29N3O6/c1-6-7-12-14(23)15(26-10-18(3,4)25-5)16(27-12)21-9-8-13(19-11(2)22)20-17(21)24/h8-9,12,14-16,23H,6-7,10H2,1-5H3,(H,19,20,22,24). The number of aliphatic hydroxyl groups excluding tert-OH is 1. The first-order chi connectivity index (χ1) is 12.7. The van der Waals surface area contributed by atoms with E-state index in [9.17, 15) is 14.7 Å². The van der Waals surface area contributed by atoms with Crippen molar-refractivity contribution < 1.29 is 24.1 Å². The lowest BCUT2D eigenvalue weighted by Gasteiger charge is -2.28. The Morgan fingerprint density at radius 2 is 2.19 bits per heavy atom. The molecule has 27 heavy (non-hydrogen) atoms. The summed E-state index contributed by atoms with van der Waals surface area (Å²) in [6, 6.07) is 1.50. The number of aliphatic hydroxyl groups is 1. The molecule has 2 heterocycles. The number of hydrogen-bond acceptors (Lipinski definition) is 7. The lowest BCUT2D eigenvalue weighted by atomic mass is 10.1. The molecular weight excluding hydrogens is 354 g/mol. The molecule has 152 valence electrons. The van der Waals surface area contributed by atoms with Crippen LogP contribution in [-0.4, -0.2) is 58.2 Å². The minimum absolute atomic E-state index is 0.158. The molecule has 0 spiro atoms. The van der Waals surface area contributed by atoms with Gasteiger partial charge in [-0.3, -0.25) is 9.36 Å². The molecule has 0 aliphatic carbocycles. The summed E-state index contributed by atoms with van der Waals surface area (Å²) in [7, 11) is 1.58. The first-order valence-electron chi connectivity index (χ1n) is 9.05. The fraction of sp³-hybridized carbons (Fsp3) is 0.722. The molecule has 1 aliphatic rings. The van der Waals surface area contributed by atoms with E-state index in [-0.39, 0.29) is 18.3 Å².